The minimum atomic E-state index is 0.483. The fourth-order valence-electron chi connectivity index (χ4n) is 3.14. The highest BCUT2D eigenvalue weighted by atomic mass is 15.0. The number of hydrogen-bond donors (Lipinski definition) is 2. The third kappa shape index (κ3) is 9.48. The lowest BCUT2D eigenvalue weighted by Gasteiger charge is -2.20. The van der Waals surface area contributed by atoms with Crippen molar-refractivity contribution in [2.24, 2.45) is 0 Å². The summed E-state index contributed by atoms with van der Waals surface area (Å²) in [5.74, 6) is 1.56. The van der Waals surface area contributed by atoms with Gasteiger partial charge >= 0.3 is 0 Å². The highest BCUT2D eigenvalue weighted by molar-refractivity contribution is 5.82. The lowest BCUT2D eigenvalue weighted by molar-refractivity contribution is 0.447. The zero-order valence-corrected chi connectivity index (χ0v) is 20.8. The molecule has 1 fully saturated rings. The first-order valence-corrected chi connectivity index (χ1v) is 11.9. The van der Waals surface area contributed by atoms with Gasteiger partial charge in [-0.05, 0) is 45.0 Å². The monoisotopic (exact) mass is 424 g/mol. The van der Waals surface area contributed by atoms with E-state index in [0.717, 1.165) is 54.3 Å². The number of piperidine rings is 1. The molecule has 2 aromatic rings. The van der Waals surface area contributed by atoms with E-state index in [1.807, 2.05) is 77.4 Å². The molecule has 0 amide bonds. The molecule has 0 atom stereocenters. The van der Waals surface area contributed by atoms with Crippen molar-refractivity contribution in [2.45, 2.75) is 73.6 Å². The molecular formula is C27H44N4. The van der Waals surface area contributed by atoms with E-state index >= 15 is 0 Å². The zero-order valence-electron chi connectivity index (χ0n) is 20.8. The van der Waals surface area contributed by atoms with Crippen molar-refractivity contribution in [1.82, 2.24) is 20.3 Å². The summed E-state index contributed by atoms with van der Waals surface area (Å²) in [6, 6.07) is 4.04. The third-order valence-corrected chi connectivity index (χ3v) is 4.33. The number of nitrogens with zero attached hydrogens (tertiary/aromatic N) is 2. The highest BCUT2D eigenvalue weighted by Crippen LogP contribution is 2.32. The van der Waals surface area contributed by atoms with E-state index in [4.69, 9.17) is 4.98 Å². The Balaban J connectivity index is 0.00000116. The molecule has 1 aliphatic heterocycles. The van der Waals surface area contributed by atoms with Gasteiger partial charge in [-0.1, -0.05) is 78.8 Å². The number of nitrogens with one attached hydrogen (secondary N) is 2. The molecule has 0 radical (unpaired) electrons. The van der Waals surface area contributed by atoms with Crippen molar-refractivity contribution in [2.75, 3.05) is 13.1 Å². The van der Waals surface area contributed by atoms with Crippen LogP contribution in [0.5, 0.6) is 0 Å². The van der Waals surface area contributed by atoms with Gasteiger partial charge in [-0.25, -0.2) is 4.98 Å². The normalized spacial score (nSPS) is 13.8. The Bertz CT molecular complexity index is 751. The standard InChI is InChI=1S/C20H24N4.C3H8.2C2H6/c1-3-5-15(6-4-2)18-19(16-7-11-21-12-8-16)24-20(23-18)17-9-13-22-14-10-17;1-3-2;2*1-2/h3-8,11-12,17,22H,1,9-10,13-14H2,2H3,(H,23,24);3H2,1-2H3;2*1-2H3/b6-4-,15-5+;;;. The first kappa shape index (κ1) is 28.5. The van der Waals surface area contributed by atoms with E-state index in [1.165, 1.54) is 6.42 Å². The highest BCUT2D eigenvalue weighted by Gasteiger charge is 2.22. The summed E-state index contributed by atoms with van der Waals surface area (Å²) >= 11 is 0. The molecule has 4 nitrogen and oxygen atoms in total. The number of imidazole rings is 1. The van der Waals surface area contributed by atoms with Crippen LogP contribution in [0, 0.1) is 0 Å². The topological polar surface area (TPSA) is 53.6 Å². The lowest BCUT2D eigenvalue weighted by Crippen LogP contribution is -2.27. The summed E-state index contributed by atoms with van der Waals surface area (Å²) in [6.07, 6.45) is 15.0. The van der Waals surface area contributed by atoms with E-state index in [1.54, 1.807) is 0 Å². The summed E-state index contributed by atoms with van der Waals surface area (Å²) in [5, 5.41) is 3.42. The van der Waals surface area contributed by atoms with Crippen LogP contribution in [-0.2, 0) is 0 Å². The Morgan fingerprint density at radius 1 is 1.10 bits per heavy atom. The molecule has 3 heterocycles. The molecule has 1 saturated heterocycles. The van der Waals surface area contributed by atoms with E-state index in [-0.39, 0.29) is 0 Å². The molecule has 172 valence electrons. The van der Waals surface area contributed by atoms with Gasteiger partial charge in [0.1, 0.15) is 5.82 Å². The number of rotatable bonds is 5. The predicted molar refractivity (Wildman–Crippen MR) is 138 cm³/mol. The van der Waals surface area contributed by atoms with Crippen molar-refractivity contribution in [3.05, 3.63) is 66.9 Å². The molecule has 0 bridgehead atoms. The number of aromatic nitrogens is 3. The van der Waals surface area contributed by atoms with Crippen molar-refractivity contribution in [3.8, 4) is 11.3 Å². The Morgan fingerprint density at radius 2 is 1.68 bits per heavy atom. The van der Waals surface area contributed by atoms with Crippen LogP contribution in [0.15, 0.2) is 55.4 Å². The average molecular weight is 425 g/mol. The molecule has 0 unspecified atom stereocenters. The Kier molecular flexibility index (Phi) is 16.9. The summed E-state index contributed by atoms with van der Waals surface area (Å²) in [7, 11) is 0. The SMILES string of the molecule is C=C/C=C(\C=C/C)c1nc(C2CCNCC2)[nH]c1-c1ccncc1.CC.CC.CCC. The Labute approximate surface area is 191 Å². The molecule has 0 aliphatic carbocycles. The molecule has 2 aromatic heterocycles. The van der Waals surface area contributed by atoms with Crippen molar-refractivity contribution < 1.29 is 0 Å². The van der Waals surface area contributed by atoms with Crippen LogP contribution in [0.2, 0.25) is 0 Å². The fourth-order valence-corrected chi connectivity index (χ4v) is 3.14. The number of aromatic amines is 1. The predicted octanol–water partition coefficient (Wildman–Crippen LogP) is 7.55. The van der Waals surface area contributed by atoms with Gasteiger partial charge in [-0.3, -0.25) is 4.98 Å². The summed E-state index contributed by atoms with van der Waals surface area (Å²) in [6.45, 7) is 20.2. The van der Waals surface area contributed by atoms with Crippen LogP contribution in [0.3, 0.4) is 0 Å². The van der Waals surface area contributed by atoms with Crippen LogP contribution in [0.1, 0.15) is 85.2 Å². The average Bonchev–Trinajstić information content (AvgIpc) is 3.29. The lowest BCUT2D eigenvalue weighted by atomic mass is 9.98. The quantitative estimate of drug-likeness (QED) is 0.487. The maximum atomic E-state index is 4.98. The molecular weight excluding hydrogens is 380 g/mol. The molecule has 2 N–H and O–H groups in total. The Morgan fingerprint density at radius 3 is 2.19 bits per heavy atom. The van der Waals surface area contributed by atoms with Gasteiger partial charge in [0.05, 0.1) is 11.4 Å². The molecule has 31 heavy (non-hydrogen) atoms. The molecule has 4 heteroatoms. The van der Waals surface area contributed by atoms with Crippen LogP contribution in [0.25, 0.3) is 16.8 Å². The van der Waals surface area contributed by atoms with Crippen molar-refractivity contribution >= 4 is 5.57 Å². The molecule has 0 saturated carbocycles. The van der Waals surface area contributed by atoms with E-state index in [0.29, 0.717) is 5.92 Å². The smallest absolute Gasteiger partial charge is 0.110 e. The van der Waals surface area contributed by atoms with Gasteiger partial charge in [0.15, 0.2) is 0 Å². The van der Waals surface area contributed by atoms with Gasteiger partial charge in [-0.2, -0.15) is 0 Å². The second-order valence-electron chi connectivity index (χ2n) is 6.67. The Hall–Kier alpha value is -2.46. The fraction of sp³-hybridized carbons (Fsp3) is 0.481. The number of H-pyrrole nitrogens is 1. The van der Waals surface area contributed by atoms with Crippen LogP contribution >= 0.6 is 0 Å². The van der Waals surface area contributed by atoms with Crippen LogP contribution < -0.4 is 5.32 Å². The molecule has 1 aliphatic rings. The molecule has 0 aromatic carbocycles. The van der Waals surface area contributed by atoms with E-state index in [9.17, 15) is 0 Å². The van der Waals surface area contributed by atoms with Crippen molar-refractivity contribution in [1.29, 1.82) is 0 Å². The first-order chi connectivity index (χ1) is 15.2. The second-order valence-corrected chi connectivity index (χ2v) is 6.67. The van der Waals surface area contributed by atoms with Crippen molar-refractivity contribution in [3.63, 3.8) is 0 Å². The van der Waals surface area contributed by atoms with E-state index < -0.39 is 0 Å². The van der Waals surface area contributed by atoms with Gasteiger partial charge in [0.2, 0.25) is 0 Å². The van der Waals surface area contributed by atoms with Gasteiger partial charge in [0, 0.05) is 29.4 Å². The first-order valence-electron chi connectivity index (χ1n) is 11.9. The zero-order chi connectivity index (χ0) is 23.5. The van der Waals surface area contributed by atoms with E-state index in [2.05, 4.69) is 41.8 Å². The van der Waals surface area contributed by atoms with Gasteiger partial charge in [-0.15, -0.1) is 0 Å². The maximum absolute atomic E-state index is 4.98. The minimum absolute atomic E-state index is 0.483. The molecule has 0 spiro atoms. The minimum Gasteiger partial charge on any atom is -0.341 e. The van der Waals surface area contributed by atoms with Gasteiger partial charge in [0.25, 0.3) is 0 Å². The van der Waals surface area contributed by atoms with Gasteiger partial charge < -0.3 is 10.3 Å². The van der Waals surface area contributed by atoms with Crippen LogP contribution in [0.4, 0.5) is 0 Å². The number of allylic oxidation sites excluding steroid dienone is 5. The summed E-state index contributed by atoms with van der Waals surface area (Å²) in [4.78, 5) is 12.7. The summed E-state index contributed by atoms with van der Waals surface area (Å²) in [5.41, 5.74) is 4.20. The third-order valence-electron chi connectivity index (χ3n) is 4.33. The van der Waals surface area contributed by atoms with Crippen LogP contribution in [-0.4, -0.2) is 28.0 Å². The molecule has 3 rings (SSSR count). The number of hydrogen-bond acceptors (Lipinski definition) is 3. The summed E-state index contributed by atoms with van der Waals surface area (Å²) < 4.78 is 0. The second kappa shape index (κ2) is 18.3. The largest absolute Gasteiger partial charge is 0.341 e. The number of pyridine rings is 1. The maximum Gasteiger partial charge on any atom is 0.110 e.